The van der Waals surface area contributed by atoms with Crippen LogP contribution in [-0.2, 0) is 21.3 Å². The van der Waals surface area contributed by atoms with E-state index < -0.39 is 10.0 Å². The average Bonchev–Trinajstić information content (AvgIpc) is 2.77. The zero-order valence-electron chi connectivity index (χ0n) is 16.7. The standard InChI is InChI=1S/C21H26N2O5S/c1-3-23(16-17-7-5-4-6-8-17)29(25,26)18-9-10-20(27-2)19(15-18)21(24)22-11-13-28-14-12-22/h4-10,15H,3,11-14,16H2,1-2H3. The molecule has 0 N–H and O–H groups in total. The molecule has 8 heteroatoms. The smallest absolute Gasteiger partial charge is 0.257 e. The number of carbonyl (C=O) groups is 1. The van der Waals surface area contributed by atoms with Crippen LogP contribution >= 0.6 is 0 Å². The number of hydrogen-bond donors (Lipinski definition) is 0. The summed E-state index contributed by atoms with van der Waals surface area (Å²) >= 11 is 0. The molecule has 1 heterocycles. The number of hydrogen-bond acceptors (Lipinski definition) is 5. The topological polar surface area (TPSA) is 76.2 Å². The minimum atomic E-state index is -3.78. The van der Waals surface area contributed by atoms with Crippen molar-refractivity contribution in [2.75, 3.05) is 40.0 Å². The molecular weight excluding hydrogens is 392 g/mol. The summed E-state index contributed by atoms with van der Waals surface area (Å²) in [7, 11) is -2.31. The summed E-state index contributed by atoms with van der Waals surface area (Å²) in [5, 5.41) is 0. The molecule has 0 atom stereocenters. The van der Waals surface area contributed by atoms with E-state index in [4.69, 9.17) is 9.47 Å². The first kappa shape index (κ1) is 21.3. The fourth-order valence-electron chi connectivity index (χ4n) is 3.25. The lowest BCUT2D eigenvalue weighted by atomic mass is 10.1. The summed E-state index contributed by atoms with van der Waals surface area (Å²) in [5.74, 6) is 0.0971. The predicted molar refractivity (Wildman–Crippen MR) is 109 cm³/mol. The summed E-state index contributed by atoms with van der Waals surface area (Å²) in [6.45, 7) is 4.24. The van der Waals surface area contributed by atoms with Crippen LogP contribution in [0.5, 0.6) is 5.75 Å². The van der Waals surface area contributed by atoms with Crippen molar-refractivity contribution >= 4 is 15.9 Å². The van der Waals surface area contributed by atoms with Gasteiger partial charge in [-0.25, -0.2) is 8.42 Å². The van der Waals surface area contributed by atoms with Crippen molar-refractivity contribution in [1.29, 1.82) is 0 Å². The number of morpholine rings is 1. The van der Waals surface area contributed by atoms with Crippen molar-refractivity contribution in [2.24, 2.45) is 0 Å². The van der Waals surface area contributed by atoms with Gasteiger partial charge in [0, 0.05) is 26.2 Å². The number of nitrogens with zero attached hydrogens (tertiary/aromatic N) is 2. The highest BCUT2D eigenvalue weighted by Crippen LogP contribution is 2.27. The Hall–Kier alpha value is -2.42. The molecule has 2 aromatic carbocycles. The molecule has 0 bridgehead atoms. The molecule has 7 nitrogen and oxygen atoms in total. The van der Waals surface area contributed by atoms with E-state index in [1.165, 1.54) is 29.6 Å². The number of carbonyl (C=O) groups excluding carboxylic acids is 1. The van der Waals surface area contributed by atoms with Crippen LogP contribution in [0, 0.1) is 0 Å². The summed E-state index contributed by atoms with van der Waals surface area (Å²) in [6, 6.07) is 13.9. The van der Waals surface area contributed by atoms with Crippen molar-refractivity contribution < 1.29 is 22.7 Å². The molecule has 3 rings (SSSR count). The Kier molecular flexibility index (Phi) is 6.89. The molecular formula is C21H26N2O5S. The van der Waals surface area contributed by atoms with Gasteiger partial charge >= 0.3 is 0 Å². The molecule has 0 spiro atoms. The highest BCUT2D eigenvalue weighted by atomic mass is 32.2. The first-order valence-corrected chi connectivity index (χ1v) is 11.0. The van der Waals surface area contributed by atoms with Crippen LogP contribution < -0.4 is 4.74 Å². The third kappa shape index (κ3) is 4.77. The van der Waals surface area contributed by atoms with E-state index in [1.807, 2.05) is 30.3 Å². The molecule has 1 aliphatic rings. The van der Waals surface area contributed by atoms with E-state index in [1.54, 1.807) is 11.8 Å². The second kappa shape index (κ2) is 9.39. The highest BCUT2D eigenvalue weighted by Gasteiger charge is 2.27. The van der Waals surface area contributed by atoms with Gasteiger partial charge in [0.15, 0.2) is 0 Å². The lowest BCUT2D eigenvalue weighted by molar-refractivity contribution is 0.0300. The third-order valence-electron chi connectivity index (χ3n) is 4.89. The van der Waals surface area contributed by atoms with Gasteiger partial charge in [0.05, 0.1) is 30.8 Å². The zero-order valence-corrected chi connectivity index (χ0v) is 17.5. The lowest BCUT2D eigenvalue weighted by Crippen LogP contribution is -2.41. The molecule has 0 saturated carbocycles. The Morgan fingerprint density at radius 3 is 2.45 bits per heavy atom. The van der Waals surface area contributed by atoms with Crippen molar-refractivity contribution in [3.05, 3.63) is 59.7 Å². The number of rotatable bonds is 7. The summed E-state index contributed by atoms with van der Waals surface area (Å²) in [4.78, 5) is 14.7. The molecule has 1 aliphatic heterocycles. The van der Waals surface area contributed by atoms with E-state index >= 15 is 0 Å². The first-order valence-electron chi connectivity index (χ1n) is 9.56. The lowest BCUT2D eigenvalue weighted by Gasteiger charge is -2.27. The molecule has 1 amide bonds. The van der Waals surface area contributed by atoms with Crippen LogP contribution in [0.4, 0.5) is 0 Å². The molecule has 2 aromatic rings. The van der Waals surface area contributed by atoms with E-state index in [2.05, 4.69) is 0 Å². The number of ether oxygens (including phenoxy) is 2. The monoisotopic (exact) mass is 418 g/mol. The molecule has 1 fully saturated rings. The molecule has 0 radical (unpaired) electrons. The Labute approximate surface area is 171 Å². The normalized spacial score (nSPS) is 14.8. The second-order valence-electron chi connectivity index (χ2n) is 6.68. The second-order valence-corrected chi connectivity index (χ2v) is 8.62. The van der Waals surface area contributed by atoms with E-state index in [9.17, 15) is 13.2 Å². The third-order valence-corrected chi connectivity index (χ3v) is 6.81. The van der Waals surface area contributed by atoms with Gasteiger partial charge in [-0.2, -0.15) is 4.31 Å². The van der Waals surface area contributed by atoms with Gasteiger partial charge in [-0.3, -0.25) is 4.79 Å². The van der Waals surface area contributed by atoms with Gasteiger partial charge < -0.3 is 14.4 Å². The van der Waals surface area contributed by atoms with Crippen LogP contribution in [0.15, 0.2) is 53.4 Å². The first-order chi connectivity index (χ1) is 14.0. The number of sulfonamides is 1. The number of benzene rings is 2. The molecule has 0 unspecified atom stereocenters. The number of amides is 1. The van der Waals surface area contributed by atoms with Gasteiger partial charge in [0.1, 0.15) is 5.75 Å². The van der Waals surface area contributed by atoms with Crippen LogP contribution in [0.1, 0.15) is 22.8 Å². The Balaban J connectivity index is 1.93. The van der Waals surface area contributed by atoms with Gasteiger partial charge in [0.2, 0.25) is 10.0 Å². The molecule has 156 valence electrons. The van der Waals surface area contributed by atoms with Crippen molar-refractivity contribution in [2.45, 2.75) is 18.4 Å². The number of methoxy groups -OCH3 is 1. The van der Waals surface area contributed by atoms with Gasteiger partial charge in [-0.1, -0.05) is 37.3 Å². The van der Waals surface area contributed by atoms with Gasteiger partial charge in [-0.15, -0.1) is 0 Å². The van der Waals surface area contributed by atoms with Crippen LogP contribution in [0.2, 0.25) is 0 Å². The minimum Gasteiger partial charge on any atom is -0.496 e. The van der Waals surface area contributed by atoms with Crippen LogP contribution in [-0.4, -0.2) is 63.5 Å². The highest BCUT2D eigenvalue weighted by molar-refractivity contribution is 7.89. The molecule has 1 saturated heterocycles. The quantitative estimate of drug-likeness (QED) is 0.690. The molecule has 0 aliphatic carbocycles. The van der Waals surface area contributed by atoms with Gasteiger partial charge in [0.25, 0.3) is 5.91 Å². The molecule has 0 aromatic heterocycles. The predicted octanol–water partition coefficient (Wildman–Crippen LogP) is 2.38. The Morgan fingerprint density at radius 2 is 1.83 bits per heavy atom. The van der Waals surface area contributed by atoms with Crippen LogP contribution in [0.3, 0.4) is 0 Å². The van der Waals surface area contributed by atoms with E-state index in [0.717, 1.165) is 5.56 Å². The minimum absolute atomic E-state index is 0.0766. The van der Waals surface area contributed by atoms with Crippen molar-refractivity contribution in [1.82, 2.24) is 9.21 Å². The largest absolute Gasteiger partial charge is 0.496 e. The fourth-order valence-corrected chi connectivity index (χ4v) is 4.72. The van der Waals surface area contributed by atoms with E-state index in [0.29, 0.717) is 38.6 Å². The SMILES string of the molecule is CCN(Cc1ccccc1)S(=O)(=O)c1ccc(OC)c(C(=O)N2CCOCC2)c1. The summed E-state index contributed by atoms with van der Waals surface area (Å²) in [5.41, 5.74) is 1.14. The van der Waals surface area contributed by atoms with Gasteiger partial charge in [-0.05, 0) is 23.8 Å². The fraction of sp³-hybridized carbons (Fsp3) is 0.381. The van der Waals surface area contributed by atoms with E-state index in [-0.39, 0.29) is 22.9 Å². The average molecular weight is 419 g/mol. The Morgan fingerprint density at radius 1 is 1.14 bits per heavy atom. The summed E-state index contributed by atoms with van der Waals surface area (Å²) < 4.78 is 38.5. The maximum Gasteiger partial charge on any atom is 0.257 e. The maximum absolute atomic E-state index is 13.3. The zero-order chi connectivity index (χ0) is 20.9. The van der Waals surface area contributed by atoms with Crippen molar-refractivity contribution in [3.8, 4) is 5.75 Å². The summed E-state index contributed by atoms with van der Waals surface area (Å²) in [6.07, 6.45) is 0. The maximum atomic E-state index is 13.3. The molecule has 29 heavy (non-hydrogen) atoms. The van der Waals surface area contributed by atoms with Crippen molar-refractivity contribution in [3.63, 3.8) is 0 Å². The Bertz CT molecular complexity index is 941. The van der Waals surface area contributed by atoms with Crippen LogP contribution in [0.25, 0.3) is 0 Å².